The van der Waals surface area contributed by atoms with Crippen molar-refractivity contribution in [2.45, 2.75) is 20.0 Å². The lowest BCUT2D eigenvalue weighted by Gasteiger charge is -2.09. The highest BCUT2D eigenvalue weighted by molar-refractivity contribution is 5.92. The summed E-state index contributed by atoms with van der Waals surface area (Å²) in [5, 5.41) is 6.21. The largest absolute Gasteiger partial charge is 0.380 e. The molecule has 1 aromatic heterocycles. The summed E-state index contributed by atoms with van der Waals surface area (Å²) in [6.07, 6.45) is 1.69. The van der Waals surface area contributed by atoms with Crippen LogP contribution in [0.5, 0.6) is 0 Å². The Kier molecular flexibility index (Phi) is 5.42. The zero-order valence-electron chi connectivity index (χ0n) is 14.2. The van der Waals surface area contributed by atoms with Gasteiger partial charge in [-0.25, -0.2) is 4.98 Å². The minimum atomic E-state index is -0.169. The van der Waals surface area contributed by atoms with Crippen LogP contribution in [0.2, 0.25) is 0 Å². The van der Waals surface area contributed by atoms with Gasteiger partial charge in [-0.2, -0.15) is 0 Å². The third-order valence-electron chi connectivity index (χ3n) is 4.04. The summed E-state index contributed by atoms with van der Waals surface area (Å²) in [5.41, 5.74) is 4.77. The summed E-state index contributed by atoms with van der Waals surface area (Å²) < 4.78 is 0. The van der Waals surface area contributed by atoms with Crippen molar-refractivity contribution in [2.75, 3.05) is 5.32 Å². The molecule has 0 spiro atoms. The standard InChI is InChI=1S/C21H21N3O/c1-16-7-5-6-10-18(16)14-24-21(25)20-12-11-19(15-23-20)22-13-17-8-3-2-4-9-17/h2-12,15,22H,13-14H2,1H3,(H,24,25). The average Bonchev–Trinajstić information content (AvgIpc) is 2.67. The highest BCUT2D eigenvalue weighted by Crippen LogP contribution is 2.10. The van der Waals surface area contributed by atoms with E-state index in [1.54, 1.807) is 12.3 Å². The lowest BCUT2D eigenvalue weighted by Crippen LogP contribution is -2.24. The van der Waals surface area contributed by atoms with Gasteiger partial charge in [0.25, 0.3) is 5.91 Å². The Morgan fingerprint density at radius 2 is 1.68 bits per heavy atom. The Bertz CT molecular complexity index is 829. The van der Waals surface area contributed by atoms with E-state index < -0.39 is 0 Å². The van der Waals surface area contributed by atoms with Gasteiger partial charge in [-0.05, 0) is 35.7 Å². The maximum Gasteiger partial charge on any atom is 0.270 e. The number of nitrogens with zero attached hydrogens (tertiary/aromatic N) is 1. The molecule has 0 fully saturated rings. The molecule has 0 radical (unpaired) electrons. The number of rotatable bonds is 6. The molecular formula is C21H21N3O. The molecule has 0 aliphatic heterocycles. The highest BCUT2D eigenvalue weighted by Gasteiger charge is 2.07. The van der Waals surface area contributed by atoms with E-state index in [2.05, 4.69) is 27.8 Å². The van der Waals surface area contributed by atoms with Crippen LogP contribution in [0.1, 0.15) is 27.2 Å². The van der Waals surface area contributed by atoms with Gasteiger partial charge >= 0.3 is 0 Å². The van der Waals surface area contributed by atoms with Crippen LogP contribution in [-0.2, 0) is 13.1 Å². The molecule has 2 N–H and O–H groups in total. The maximum atomic E-state index is 12.2. The summed E-state index contributed by atoms with van der Waals surface area (Å²) >= 11 is 0. The first-order chi connectivity index (χ1) is 12.2. The molecule has 0 atom stereocenters. The number of pyridine rings is 1. The highest BCUT2D eigenvalue weighted by atomic mass is 16.1. The van der Waals surface area contributed by atoms with E-state index in [1.807, 2.05) is 55.5 Å². The second kappa shape index (κ2) is 8.11. The molecule has 1 heterocycles. The topological polar surface area (TPSA) is 54.0 Å². The van der Waals surface area contributed by atoms with Gasteiger partial charge in [0.1, 0.15) is 5.69 Å². The number of carbonyl (C=O) groups excluding carboxylic acids is 1. The van der Waals surface area contributed by atoms with Crippen LogP contribution in [0.3, 0.4) is 0 Å². The first kappa shape index (κ1) is 16.7. The molecule has 126 valence electrons. The van der Waals surface area contributed by atoms with Crippen LogP contribution in [0.15, 0.2) is 72.9 Å². The zero-order chi connectivity index (χ0) is 17.5. The molecule has 3 rings (SSSR count). The number of aromatic nitrogens is 1. The summed E-state index contributed by atoms with van der Waals surface area (Å²) in [6, 6.07) is 21.8. The number of aryl methyl sites for hydroxylation is 1. The van der Waals surface area contributed by atoms with Crippen molar-refractivity contribution in [1.82, 2.24) is 10.3 Å². The average molecular weight is 331 g/mol. The van der Waals surface area contributed by atoms with Gasteiger partial charge in [-0.3, -0.25) is 4.79 Å². The van der Waals surface area contributed by atoms with Crippen molar-refractivity contribution in [3.8, 4) is 0 Å². The van der Waals surface area contributed by atoms with Crippen molar-refractivity contribution in [2.24, 2.45) is 0 Å². The van der Waals surface area contributed by atoms with Crippen LogP contribution in [0.4, 0.5) is 5.69 Å². The molecule has 0 saturated carbocycles. The minimum absolute atomic E-state index is 0.169. The van der Waals surface area contributed by atoms with Gasteiger partial charge in [0, 0.05) is 13.1 Å². The fraction of sp³-hybridized carbons (Fsp3) is 0.143. The van der Waals surface area contributed by atoms with E-state index in [1.165, 1.54) is 5.56 Å². The van der Waals surface area contributed by atoms with Crippen LogP contribution >= 0.6 is 0 Å². The Hall–Kier alpha value is -3.14. The second-order valence-corrected chi connectivity index (χ2v) is 5.88. The predicted molar refractivity (Wildman–Crippen MR) is 100 cm³/mol. The zero-order valence-corrected chi connectivity index (χ0v) is 14.2. The normalized spacial score (nSPS) is 10.3. The molecule has 25 heavy (non-hydrogen) atoms. The fourth-order valence-electron chi connectivity index (χ4n) is 2.51. The number of hydrogen-bond acceptors (Lipinski definition) is 3. The molecule has 4 nitrogen and oxygen atoms in total. The molecular weight excluding hydrogens is 310 g/mol. The van der Waals surface area contributed by atoms with Gasteiger partial charge in [-0.15, -0.1) is 0 Å². The van der Waals surface area contributed by atoms with E-state index in [-0.39, 0.29) is 5.91 Å². The Morgan fingerprint density at radius 3 is 2.40 bits per heavy atom. The summed E-state index contributed by atoms with van der Waals surface area (Å²) in [6.45, 7) is 3.26. The van der Waals surface area contributed by atoms with Gasteiger partial charge in [0.2, 0.25) is 0 Å². The summed E-state index contributed by atoms with van der Waals surface area (Å²) in [5.74, 6) is -0.169. The van der Waals surface area contributed by atoms with Crippen molar-refractivity contribution < 1.29 is 4.79 Å². The molecule has 0 bridgehead atoms. The first-order valence-electron chi connectivity index (χ1n) is 8.29. The van der Waals surface area contributed by atoms with E-state index in [0.29, 0.717) is 12.2 Å². The molecule has 1 amide bonds. The maximum absolute atomic E-state index is 12.2. The quantitative estimate of drug-likeness (QED) is 0.719. The SMILES string of the molecule is Cc1ccccc1CNC(=O)c1ccc(NCc2ccccc2)cn1. The van der Waals surface area contributed by atoms with Gasteiger partial charge in [0.05, 0.1) is 11.9 Å². The van der Waals surface area contributed by atoms with Gasteiger partial charge in [0.15, 0.2) is 0 Å². The number of benzene rings is 2. The van der Waals surface area contributed by atoms with E-state index in [4.69, 9.17) is 0 Å². The van der Waals surface area contributed by atoms with E-state index in [9.17, 15) is 4.79 Å². The molecule has 0 saturated heterocycles. The molecule has 3 aromatic rings. The third kappa shape index (κ3) is 4.67. The number of anilines is 1. The van der Waals surface area contributed by atoms with E-state index >= 15 is 0 Å². The Balaban J connectivity index is 1.54. The van der Waals surface area contributed by atoms with Gasteiger partial charge in [-0.1, -0.05) is 54.6 Å². The first-order valence-corrected chi connectivity index (χ1v) is 8.29. The van der Waals surface area contributed by atoms with Gasteiger partial charge < -0.3 is 10.6 Å². The van der Waals surface area contributed by atoms with Crippen molar-refractivity contribution in [1.29, 1.82) is 0 Å². The minimum Gasteiger partial charge on any atom is -0.380 e. The lowest BCUT2D eigenvalue weighted by atomic mass is 10.1. The summed E-state index contributed by atoms with van der Waals surface area (Å²) in [4.78, 5) is 16.5. The summed E-state index contributed by atoms with van der Waals surface area (Å²) in [7, 11) is 0. The number of nitrogens with one attached hydrogen (secondary N) is 2. The number of amides is 1. The fourth-order valence-corrected chi connectivity index (χ4v) is 2.51. The van der Waals surface area contributed by atoms with Crippen LogP contribution in [0, 0.1) is 6.92 Å². The Morgan fingerprint density at radius 1 is 0.920 bits per heavy atom. The van der Waals surface area contributed by atoms with Crippen LogP contribution < -0.4 is 10.6 Å². The third-order valence-corrected chi connectivity index (χ3v) is 4.04. The van der Waals surface area contributed by atoms with Crippen molar-refractivity contribution >= 4 is 11.6 Å². The van der Waals surface area contributed by atoms with Crippen molar-refractivity contribution in [3.63, 3.8) is 0 Å². The lowest BCUT2D eigenvalue weighted by molar-refractivity contribution is 0.0946. The number of hydrogen-bond donors (Lipinski definition) is 2. The molecule has 0 aliphatic carbocycles. The second-order valence-electron chi connectivity index (χ2n) is 5.88. The smallest absolute Gasteiger partial charge is 0.270 e. The predicted octanol–water partition coefficient (Wildman–Crippen LogP) is 3.93. The molecule has 0 unspecified atom stereocenters. The van der Waals surface area contributed by atoms with Crippen molar-refractivity contribution in [3.05, 3.63) is 95.3 Å². The molecule has 0 aliphatic rings. The molecule has 4 heteroatoms. The van der Waals surface area contributed by atoms with Crippen LogP contribution in [0.25, 0.3) is 0 Å². The molecule has 2 aromatic carbocycles. The van der Waals surface area contributed by atoms with Crippen LogP contribution in [-0.4, -0.2) is 10.9 Å². The Labute approximate surface area is 147 Å². The number of carbonyl (C=O) groups is 1. The van der Waals surface area contributed by atoms with E-state index in [0.717, 1.165) is 23.4 Å². The monoisotopic (exact) mass is 331 g/mol.